The van der Waals surface area contributed by atoms with Gasteiger partial charge in [0.2, 0.25) is 15.9 Å². The number of hydrogen-bond acceptors (Lipinski definition) is 5. The second kappa shape index (κ2) is 10.3. The van der Waals surface area contributed by atoms with E-state index in [-0.39, 0.29) is 10.8 Å². The number of sulfonamides is 1. The van der Waals surface area contributed by atoms with E-state index in [0.29, 0.717) is 25.3 Å². The van der Waals surface area contributed by atoms with E-state index < -0.39 is 10.0 Å². The first kappa shape index (κ1) is 21.3. The highest BCUT2D eigenvalue weighted by atomic mass is 32.2. The lowest BCUT2D eigenvalue weighted by molar-refractivity contribution is -0.120. The second-order valence-electron chi connectivity index (χ2n) is 5.87. The van der Waals surface area contributed by atoms with E-state index in [1.165, 1.54) is 26.2 Å². The first-order valence-corrected chi connectivity index (χ1v) is 10.9. The van der Waals surface area contributed by atoms with Crippen LogP contribution in [-0.2, 0) is 14.8 Å². The number of rotatable bonds is 10. The van der Waals surface area contributed by atoms with Crippen LogP contribution in [0.2, 0.25) is 0 Å². The summed E-state index contributed by atoms with van der Waals surface area (Å²) in [6.07, 6.45) is 0.441. The van der Waals surface area contributed by atoms with Gasteiger partial charge in [0.15, 0.2) is 0 Å². The van der Waals surface area contributed by atoms with Crippen LogP contribution in [0.25, 0.3) is 0 Å². The zero-order chi connectivity index (χ0) is 19.7. The summed E-state index contributed by atoms with van der Waals surface area (Å²) >= 11 is 1.65. The largest absolute Gasteiger partial charge is 0.492 e. The third kappa shape index (κ3) is 6.89. The predicted molar refractivity (Wildman–Crippen MR) is 108 cm³/mol. The van der Waals surface area contributed by atoms with Crippen LogP contribution in [0.3, 0.4) is 0 Å². The van der Waals surface area contributed by atoms with E-state index in [4.69, 9.17) is 4.74 Å². The Balaban J connectivity index is 1.65. The second-order valence-corrected chi connectivity index (χ2v) is 9.19. The summed E-state index contributed by atoms with van der Waals surface area (Å²) in [7, 11) is -0.467. The van der Waals surface area contributed by atoms with Crippen molar-refractivity contribution in [2.75, 3.05) is 33.0 Å². The lowest BCUT2D eigenvalue weighted by Gasteiger charge is -2.12. The molecule has 6 nitrogen and oxygen atoms in total. The minimum Gasteiger partial charge on any atom is -0.492 e. The SMILES string of the molecule is CN(C)S(=O)(=O)c1ccc(OCCNC(=O)CCSc2ccccc2)cc1. The molecule has 0 heterocycles. The van der Waals surface area contributed by atoms with Crippen LogP contribution in [0.4, 0.5) is 0 Å². The number of benzene rings is 2. The normalized spacial score (nSPS) is 11.4. The smallest absolute Gasteiger partial charge is 0.242 e. The summed E-state index contributed by atoms with van der Waals surface area (Å²) in [6.45, 7) is 0.712. The number of amides is 1. The molecule has 2 aromatic rings. The van der Waals surface area contributed by atoms with Gasteiger partial charge in [-0.25, -0.2) is 12.7 Å². The first-order chi connectivity index (χ1) is 12.9. The topological polar surface area (TPSA) is 75.7 Å². The van der Waals surface area contributed by atoms with Gasteiger partial charge in [0.25, 0.3) is 0 Å². The Morgan fingerprint density at radius 1 is 1.07 bits per heavy atom. The van der Waals surface area contributed by atoms with Crippen LogP contribution < -0.4 is 10.1 Å². The third-order valence-electron chi connectivity index (χ3n) is 3.64. The van der Waals surface area contributed by atoms with E-state index in [9.17, 15) is 13.2 Å². The third-order valence-corrected chi connectivity index (χ3v) is 6.48. The molecule has 0 saturated carbocycles. The standard InChI is InChI=1S/C19H24N2O4S2/c1-21(2)27(23,24)18-10-8-16(9-11-18)25-14-13-20-19(22)12-15-26-17-6-4-3-5-7-17/h3-11H,12-15H2,1-2H3,(H,20,22). The molecule has 1 N–H and O–H groups in total. The summed E-state index contributed by atoms with van der Waals surface area (Å²) in [4.78, 5) is 13.2. The number of nitrogens with one attached hydrogen (secondary N) is 1. The van der Waals surface area contributed by atoms with E-state index in [2.05, 4.69) is 5.32 Å². The molecule has 0 aliphatic heterocycles. The minimum atomic E-state index is -3.44. The number of carbonyl (C=O) groups excluding carboxylic acids is 1. The highest BCUT2D eigenvalue weighted by Gasteiger charge is 2.16. The molecule has 0 saturated heterocycles. The van der Waals surface area contributed by atoms with Crippen molar-refractivity contribution in [2.24, 2.45) is 0 Å². The van der Waals surface area contributed by atoms with Crippen molar-refractivity contribution in [2.45, 2.75) is 16.2 Å². The van der Waals surface area contributed by atoms with Gasteiger partial charge < -0.3 is 10.1 Å². The fraction of sp³-hybridized carbons (Fsp3) is 0.316. The van der Waals surface area contributed by atoms with Gasteiger partial charge in [0.1, 0.15) is 12.4 Å². The predicted octanol–water partition coefficient (Wildman–Crippen LogP) is 2.61. The van der Waals surface area contributed by atoms with Gasteiger partial charge in [-0.3, -0.25) is 4.79 Å². The molecule has 0 aliphatic carbocycles. The van der Waals surface area contributed by atoms with Gasteiger partial charge in [-0.2, -0.15) is 0 Å². The average molecular weight is 409 g/mol. The summed E-state index contributed by atoms with van der Waals surface area (Å²) in [6, 6.07) is 16.2. The van der Waals surface area contributed by atoms with Crippen molar-refractivity contribution in [3.63, 3.8) is 0 Å². The maximum atomic E-state index is 12.0. The zero-order valence-electron chi connectivity index (χ0n) is 15.4. The van der Waals surface area contributed by atoms with E-state index in [0.717, 1.165) is 15.0 Å². The van der Waals surface area contributed by atoms with Crippen molar-refractivity contribution in [1.29, 1.82) is 0 Å². The Labute approximate surface area is 165 Å². The summed E-state index contributed by atoms with van der Waals surface area (Å²) in [5, 5.41) is 2.81. The fourth-order valence-electron chi connectivity index (χ4n) is 2.14. The number of nitrogens with zero attached hydrogens (tertiary/aromatic N) is 1. The number of ether oxygens (including phenoxy) is 1. The van der Waals surface area contributed by atoms with Gasteiger partial charge >= 0.3 is 0 Å². The fourth-order valence-corrected chi connectivity index (χ4v) is 3.92. The molecule has 0 fully saturated rings. The lowest BCUT2D eigenvalue weighted by atomic mass is 10.3. The quantitative estimate of drug-likeness (QED) is 0.483. The van der Waals surface area contributed by atoms with Gasteiger partial charge in [-0.15, -0.1) is 11.8 Å². The molecule has 0 bridgehead atoms. The molecule has 0 atom stereocenters. The summed E-state index contributed by atoms with van der Waals surface area (Å²) in [5.41, 5.74) is 0. The molecule has 2 rings (SSSR count). The monoisotopic (exact) mass is 408 g/mol. The number of hydrogen-bond donors (Lipinski definition) is 1. The molecular weight excluding hydrogens is 384 g/mol. The van der Waals surface area contributed by atoms with Crippen LogP contribution in [0.15, 0.2) is 64.4 Å². The Hall–Kier alpha value is -2.03. The Kier molecular flexibility index (Phi) is 8.15. The Morgan fingerprint density at radius 3 is 2.37 bits per heavy atom. The minimum absolute atomic E-state index is 0.0190. The van der Waals surface area contributed by atoms with Crippen molar-refractivity contribution in [1.82, 2.24) is 9.62 Å². The van der Waals surface area contributed by atoms with Crippen molar-refractivity contribution >= 4 is 27.7 Å². The van der Waals surface area contributed by atoms with Crippen molar-refractivity contribution in [3.8, 4) is 5.75 Å². The van der Waals surface area contributed by atoms with Gasteiger partial charge in [0, 0.05) is 31.2 Å². The van der Waals surface area contributed by atoms with Gasteiger partial charge in [-0.05, 0) is 36.4 Å². The van der Waals surface area contributed by atoms with Crippen LogP contribution >= 0.6 is 11.8 Å². The van der Waals surface area contributed by atoms with E-state index >= 15 is 0 Å². The van der Waals surface area contributed by atoms with E-state index in [1.807, 2.05) is 30.3 Å². The summed E-state index contributed by atoms with van der Waals surface area (Å²) < 4.78 is 30.7. The maximum absolute atomic E-state index is 12.0. The molecule has 8 heteroatoms. The van der Waals surface area contributed by atoms with Gasteiger partial charge in [-0.1, -0.05) is 18.2 Å². The highest BCUT2D eigenvalue weighted by Crippen LogP contribution is 2.18. The Bertz CT molecular complexity index is 823. The first-order valence-electron chi connectivity index (χ1n) is 8.49. The molecule has 2 aromatic carbocycles. The van der Waals surface area contributed by atoms with E-state index in [1.54, 1.807) is 23.9 Å². The molecule has 0 spiro atoms. The van der Waals surface area contributed by atoms with Crippen molar-refractivity contribution in [3.05, 3.63) is 54.6 Å². The van der Waals surface area contributed by atoms with Crippen molar-refractivity contribution < 1.29 is 17.9 Å². The van der Waals surface area contributed by atoms with Crippen LogP contribution in [0.5, 0.6) is 5.75 Å². The maximum Gasteiger partial charge on any atom is 0.242 e. The number of carbonyl (C=O) groups is 1. The zero-order valence-corrected chi connectivity index (χ0v) is 17.1. The molecule has 0 unspecified atom stereocenters. The molecule has 0 aromatic heterocycles. The van der Waals surface area contributed by atoms with Crippen LogP contribution in [-0.4, -0.2) is 51.6 Å². The summed E-state index contributed by atoms with van der Waals surface area (Å²) in [5.74, 6) is 1.26. The van der Waals surface area contributed by atoms with Gasteiger partial charge in [0.05, 0.1) is 11.4 Å². The van der Waals surface area contributed by atoms with Crippen LogP contribution in [0.1, 0.15) is 6.42 Å². The lowest BCUT2D eigenvalue weighted by Crippen LogP contribution is -2.28. The molecule has 0 aliphatic rings. The molecule has 0 radical (unpaired) electrons. The molecule has 27 heavy (non-hydrogen) atoms. The molecular formula is C19H24N2O4S2. The number of thioether (sulfide) groups is 1. The van der Waals surface area contributed by atoms with Crippen LogP contribution in [0, 0.1) is 0 Å². The average Bonchev–Trinajstić information content (AvgIpc) is 2.66. The highest BCUT2D eigenvalue weighted by molar-refractivity contribution is 7.99. The Morgan fingerprint density at radius 2 is 1.74 bits per heavy atom. The molecule has 1 amide bonds. The molecule has 146 valence electrons.